The number of aliphatic carboxylic acids is 1. The summed E-state index contributed by atoms with van der Waals surface area (Å²) in [5, 5.41) is 29.0. The highest BCUT2D eigenvalue weighted by atomic mass is 16.7. The van der Waals surface area contributed by atoms with Gasteiger partial charge in [0.25, 0.3) is 0 Å². The Labute approximate surface area is 174 Å². The summed E-state index contributed by atoms with van der Waals surface area (Å²) >= 11 is 0. The molecule has 0 aromatic heterocycles. The van der Waals surface area contributed by atoms with Gasteiger partial charge < -0.3 is 24.8 Å². The number of aliphatic hydroxyl groups excluding tert-OH is 2. The second-order valence-corrected chi connectivity index (χ2v) is 8.28. The summed E-state index contributed by atoms with van der Waals surface area (Å²) in [6.07, 6.45) is 14.5. The van der Waals surface area contributed by atoms with Crippen LogP contribution in [-0.2, 0) is 14.3 Å². The van der Waals surface area contributed by atoms with Gasteiger partial charge in [-0.2, -0.15) is 0 Å². The summed E-state index contributed by atoms with van der Waals surface area (Å²) in [6.45, 7) is 3.34. The van der Waals surface area contributed by atoms with Gasteiger partial charge in [-0.25, -0.2) is 0 Å². The van der Waals surface area contributed by atoms with E-state index in [1.54, 1.807) is 0 Å². The first kappa shape index (κ1) is 24.1. The third-order valence-electron chi connectivity index (χ3n) is 6.11. The first-order valence-electron chi connectivity index (χ1n) is 11.1. The molecule has 2 aliphatic rings. The molecule has 6 nitrogen and oxygen atoms in total. The molecular formula is C23H38O6. The molecule has 0 amide bonds. The summed E-state index contributed by atoms with van der Waals surface area (Å²) in [6, 6.07) is 0. The number of hydrogen-bond donors (Lipinski definition) is 3. The molecule has 166 valence electrons. The average Bonchev–Trinajstić information content (AvgIpc) is 3.28. The number of carboxylic acid groups (broad SMARTS) is 1. The Balaban J connectivity index is 2.02. The largest absolute Gasteiger partial charge is 0.481 e. The molecule has 1 aliphatic heterocycles. The molecule has 1 aliphatic carbocycles. The van der Waals surface area contributed by atoms with Crippen LogP contribution in [0.5, 0.6) is 0 Å². The number of allylic oxidation sites excluding steroid dienone is 3. The number of hydrogen-bond acceptors (Lipinski definition) is 5. The lowest BCUT2D eigenvalue weighted by Gasteiger charge is -2.30. The van der Waals surface area contributed by atoms with Crippen molar-refractivity contribution in [3.63, 3.8) is 0 Å². The van der Waals surface area contributed by atoms with Gasteiger partial charge >= 0.3 is 5.97 Å². The van der Waals surface area contributed by atoms with E-state index in [0.29, 0.717) is 26.1 Å². The zero-order valence-electron chi connectivity index (χ0n) is 17.7. The molecule has 29 heavy (non-hydrogen) atoms. The molecule has 4 unspecified atom stereocenters. The number of carbonyl (C=O) groups is 1. The molecule has 3 N–H and O–H groups in total. The fourth-order valence-corrected chi connectivity index (χ4v) is 4.58. The van der Waals surface area contributed by atoms with Gasteiger partial charge in [0.15, 0.2) is 5.79 Å². The van der Waals surface area contributed by atoms with Crippen LogP contribution in [0.2, 0.25) is 0 Å². The molecule has 4 atom stereocenters. The zero-order chi connectivity index (χ0) is 21.1. The van der Waals surface area contributed by atoms with E-state index in [2.05, 4.69) is 19.1 Å². The van der Waals surface area contributed by atoms with E-state index in [4.69, 9.17) is 14.6 Å². The Kier molecular flexibility index (Phi) is 10.4. The Hall–Kier alpha value is -1.21. The van der Waals surface area contributed by atoms with Crippen LogP contribution in [0, 0.1) is 17.8 Å². The van der Waals surface area contributed by atoms with Crippen molar-refractivity contribution in [3.05, 3.63) is 24.3 Å². The van der Waals surface area contributed by atoms with Crippen molar-refractivity contribution < 1.29 is 29.6 Å². The fraction of sp³-hybridized carbons (Fsp3) is 0.783. The molecule has 1 saturated heterocycles. The Morgan fingerprint density at radius 1 is 1.21 bits per heavy atom. The smallest absolute Gasteiger partial charge is 0.303 e. The second kappa shape index (κ2) is 12.5. The highest BCUT2D eigenvalue weighted by Gasteiger charge is 2.55. The molecule has 0 aromatic carbocycles. The Morgan fingerprint density at radius 3 is 2.62 bits per heavy atom. The standard InChI is InChI=1S/C23H38O6/c1-2-3-6-9-19(25)12-13-20-18(17-24)16-23(28-14-15-29-23)21(20)10-7-4-5-8-11-22(26)27/h4,7,12-13,18-21,24-25H,2-3,5-6,8-11,14-17H2,1H3,(H,26,27)/b7-4+,13-12+. The monoisotopic (exact) mass is 410 g/mol. The van der Waals surface area contributed by atoms with E-state index in [0.717, 1.165) is 38.5 Å². The van der Waals surface area contributed by atoms with Gasteiger partial charge in [0, 0.05) is 25.4 Å². The number of aliphatic hydroxyl groups is 2. The van der Waals surface area contributed by atoms with Crippen LogP contribution in [0.1, 0.15) is 64.7 Å². The molecule has 0 radical (unpaired) electrons. The van der Waals surface area contributed by atoms with Gasteiger partial charge in [0.05, 0.1) is 19.3 Å². The van der Waals surface area contributed by atoms with Gasteiger partial charge in [-0.3, -0.25) is 4.79 Å². The van der Waals surface area contributed by atoms with E-state index in [1.807, 2.05) is 12.2 Å². The number of carboxylic acids is 1. The van der Waals surface area contributed by atoms with Gasteiger partial charge in [-0.15, -0.1) is 0 Å². The SMILES string of the molecule is CCCCCC(O)/C=C/C1C(CO)CC2(OCCO2)C1C/C=C/CCCC(=O)O. The molecule has 1 saturated carbocycles. The van der Waals surface area contributed by atoms with E-state index in [1.165, 1.54) is 0 Å². The average molecular weight is 411 g/mol. The Bertz CT molecular complexity index is 537. The van der Waals surface area contributed by atoms with Crippen LogP contribution in [-0.4, -0.2) is 53.0 Å². The van der Waals surface area contributed by atoms with Crippen molar-refractivity contribution in [2.24, 2.45) is 17.8 Å². The van der Waals surface area contributed by atoms with E-state index < -0.39 is 17.9 Å². The minimum atomic E-state index is -0.769. The van der Waals surface area contributed by atoms with Crippen LogP contribution in [0.15, 0.2) is 24.3 Å². The lowest BCUT2D eigenvalue weighted by molar-refractivity contribution is -0.184. The van der Waals surface area contributed by atoms with Crippen molar-refractivity contribution in [1.82, 2.24) is 0 Å². The van der Waals surface area contributed by atoms with Crippen molar-refractivity contribution in [2.45, 2.75) is 76.6 Å². The maximum atomic E-state index is 10.6. The van der Waals surface area contributed by atoms with Crippen molar-refractivity contribution >= 4 is 5.97 Å². The predicted molar refractivity (Wildman–Crippen MR) is 111 cm³/mol. The van der Waals surface area contributed by atoms with E-state index in [9.17, 15) is 15.0 Å². The maximum Gasteiger partial charge on any atom is 0.303 e. The first-order valence-corrected chi connectivity index (χ1v) is 11.1. The minimum Gasteiger partial charge on any atom is -0.481 e. The van der Waals surface area contributed by atoms with Crippen LogP contribution >= 0.6 is 0 Å². The van der Waals surface area contributed by atoms with Gasteiger partial charge in [-0.1, -0.05) is 50.5 Å². The van der Waals surface area contributed by atoms with Crippen LogP contribution in [0.4, 0.5) is 0 Å². The molecule has 1 heterocycles. The highest BCUT2D eigenvalue weighted by Crippen LogP contribution is 2.51. The summed E-state index contributed by atoms with van der Waals surface area (Å²) in [7, 11) is 0. The Morgan fingerprint density at radius 2 is 1.97 bits per heavy atom. The molecule has 1 spiro atoms. The minimum absolute atomic E-state index is 0.0394. The molecular weight excluding hydrogens is 372 g/mol. The quantitative estimate of drug-likeness (QED) is 0.317. The van der Waals surface area contributed by atoms with Crippen LogP contribution in [0.25, 0.3) is 0 Å². The highest BCUT2D eigenvalue weighted by molar-refractivity contribution is 5.66. The lowest BCUT2D eigenvalue weighted by atomic mass is 9.85. The van der Waals surface area contributed by atoms with Gasteiger partial charge in [0.1, 0.15) is 0 Å². The fourth-order valence-electron chi connectivity index (χ4n) is 4.58. The third-order valence-corrected chi connectivity index (χ3v) is 6.11. The maximum absolute atomic E-state index is 10.6. The summed E-state index contributed by atoms with van der Waals surface area (Å²) in [5.41, 5.74) is 0. The molecule has 0 bridgehead atoms. The van der Waals surface area contributed by atoms with Crippen molar-refractivity contribution in [3.8, 4) is 0 Å². The topological polar surface area (TPSA) is 96.2 Å². The molecule has 0 aromatic rings. The molecule has 6 heteroatoms. The summed E-state index contributed by atoms with van der Waals surface area (Å²) < 4.78 is 12.1. The number of rotatable bonds is 13. The first-order chi connectivity index (χ1) is 14.0. The second-order valence-electron chi connectivity index (χ2n) is 8.28. The molecule has 2 rings (SSSR count). The van der Waals surface area contributed by atoms with Crippen molar-refractivity contribution in [1.29, 1.82) is 0 Å². The molecule has 2 fully saturated rings. The zero-order valence-corrected chi connectivity index (χ0v) is 17.7. The summed E-state index contributed by atoms with van der Waals surface area (Å²) in [4.78, 5) is 10.6. The van der Waals surface area contributed by atoms with E-state index in [-0.39, 0.29) is 30.8 Å². The van der Waals surface area contributed by atoms with Gasteiger partial charge in [0.2, 0.25) is 0 Å². The van der Waals surface area contributed by atoms with Crippen LogP contribution < -0.4 is 0 Å². The predicted octanol–water partition coefficient (Wildman–Crippen LogP) is 3.67. The normalized spacial score (nSPS) is 27.5. The summed E-state index contributed by atoms with van der Waals surface area (Å²) in [5.74, 6) is -1.26. The van der Waals surface area contributed by atoms with Gasteiger partial charge in [-0.05, 0) is 37.5 Å². The number of unbranched alkanes of at least 4 members (excludes halogenated alkanes) is 3. The number of ether oxygens (including phenoxy) is 2. The van der Waals surface area contributed by atoms with Crippen molar-refractivity contribution in [2.75, 3.05) is 19.8 Å². The lowest BCUT2D eigenvalue weighted by Crippen LogP contribution is -2.36. The third kappa shape index (κ3) is 7.21. The van der Waals surface area contributed by atoms with Crippen LogP contribution in [0.3, 0.4) is 0 Å². The van der Waals surface area contributed by atoms with E-state index >= 15 is 0 Å².